The fourth-order valence-electron chi connectivity index (χ4n) is 5.76. The summed E-state index contributed by atoms with van der Waals surface area (Å²) in [5, 5.41) is 3.56. The summed E-state index contributed by atoms with van der Waals surface area (Å²) in [5.41, 5.74) is 11.2. The van der Waals surface area contributed by atoms with Crippen LogP contribution in [0.3, 0.4) is 0 Å². The number of para-hydroxylation sites is 2. The smallest absolute Gasteiger partial charge is 0.0973 e. The van der Waals surface area contributed by atoms with E-state index in [0.29, 0.717) is 0 Å². The molecule has 2 aromatic heterocycles. The van der Waals surface area contributed by atoms with E-state index in [1.54, 1.807) is 0 Å². The van der Waals surface area contributed by atoms with Crippen LogP contribution >= 0.6 is 0 Å². The molecular formula is C39H25N3. The molecule has 0 unspecified atom stereocenters. The summed E-state index contributed by atoms with van der Waals surface area (Å²) >= 11 is 0. The molecule has 0 N–H and O–H groups in total. The van der Waals surface area contributed by atoms with E-state index in [1.165, 1.54) is 10.8 Å². The van der Waals surface area contributed by atoms with E-state index in [0.717, 1.165) is 66.7 Å². The van der Waals surface area contributed by atoms with Crippen LogP contribution in [-0.2, 0) is 0 Å². The Morgan fingerprint density at radius 2 is 0.881 bits per heavy atom. The number of hydrogen-bond donors (Lipinski definition) is 0. The van der Waals surface area contributed by atoms with Crippen LogP contribution in [0.1, 0.15) is 0 Å². The highest BCUT2D eigenvalue weighted by molar-refractivity contribution is 6.06. The fourth-order valence-corrected chi connectivity index (χ4v) is 5.76. The summed E-state index contributed by atoms with van der Waals surface area (Å²) in [4.78, 5) is 14.9. The third-order valence-electron chi connectivity index (χ3n) is 7.87. The fraction of sp³-hybridized carbons (Fsp3) is 0. The van der Waals surface area contributed by atoms with Crippen molar-refractivity contribution in [3.05, 3.63) is 152 Å². The zero-order valence-corrected chi connectivity index (χ0v) is 22.8. The molecule has 0 atom stereocenters. The summed E-state index contributed by atoms with van der Waals surface area (Å²) in [6.45, 7) is 0. The third kappa shape index (κ3) is 4.29. The van der Waals surface area contributed by atoms with Crippen molar-refractivity contribution >= 4 is 32.7 Å². The summed E-state index contributed by atoms with van der Waals surface area (Å²) in [5.74, 6) is 0. The predicted octanol–water partition coefficient (Wildman–Crippen LogP) is 10.00. The van der Waals surface area contributed by atoms with Gasteiger partial charge < -0.3 is 0 Å². The molecule has 0 bridgehead atoms. The molecule has 3 heteroatoms. The van der Waals surface area contributed by atoms with Crippen molar-refractivity contribution in [2.75, 3.05) is 0 Å². The van der Waals surface area contributed by atoms with Gasteiger partial charge in [0.15, 0.2) is 0 Å². The summed E-state index contributed by atoms with van der Waals surface area (Å²) in [6, 6.07) is 50.7. The number of benzene rings is 6. The Morgan fingerprint density at radius 3 is 1.62 bits per heavy atom. The molecule has 0 radical (unpaired) electrons. The minimum atomic E-state index is 0.880. The minimum absolute atomic E-state index is 0.880. The van der Waals surface area contributed by atoms with Gasteiger partial charge in [-0.15, -0.1) is 0 Å². The number of fused-ring (bicyclic) bond motifs is 4. The van der Waals surface area contributed by atoms with Gasteiger partial charge in [-0.05, 0) is 58.0 Å². The zero-order valence-electron chi connectivity index (χ0n) is 22.8. The molecule has 2 heterocycles. The second kappa shape index (κ2) is 10.1. The molecule has 0 saturated heterocycles. The van der Waals surface area contributed by atoms with Gasteiger partial charge in [-0.2, -0.15) is 0 Å². The van der Waals surface area contributed by atoms with Crippen molar-refractivity contribution in [3.8, 4) is 44.8 Å². The van der Waals surface area contributed by atoms with Crippen molar-refractivity contribution in [2.45, 2.75) is 0 Å². The summed E-state index contributed by atoms with van der Waals surface area (Å²) in [6.07, 6.45) is 1.96. The molecule has 8 aromatic rings. The maximum Gasteiger partial charge on any atom is 0.0973 e. The van der Waals surface area contributed by atoms with E-state index in [-0.39, 0.29) is 0 Å². The number of aromatic nitrogens is 3. The lowest BCUT2D eigenvalue weighted by Gasteiger charge is -2.12. The van der Waals surface area contributed by atoms with E-state index in [1.807, 2.05) is 48.7 Å². The summed E-state index contributed by atoms with van der Waals surface area (Å²) in [7, 11) is 0. The van der Waals surface area contributed by atoms with Crippen LogP contribution in [0.15, 0.2) is 152 Å². The van der Waals surface area contributed by atoms with Gasteiger partial charge in [0.25, 0.3) is 0 Å². The molecule has 0 aliphatic carbocycles. The van der Waals surface area contributed by atoms with Gasteiger partial charge in [0.2, 0.25) is 0 Å². The first-order valence-electron chi connectivity index (χ1n) is 14.1. The van der Waals surface area contributed by atoms with Crippen molar-refractivity contribution < 1.29 is 0 Å². The van der Waals surface area contributed by atoms with Crippen molar-refractivity contribution in [1.29, 1.82) is 0 Å². The van der Waals surface area contributed by atoms with Gasteiger partial charge in [-0.1, -0.05) is 115 Å². The Labute approximate surface area is 243 Å². The van der Waals surface area contributed by atoms with Gasteiger partial charge in [-0.25, -0.2) is 9.97 Å². The highest BCUT2D eigenvalue weighted by Crippen LogP contribution is 2.35. The minimum Gasteiger partial charge on any atom is -0.256 e. The third-order valence-corrected chi connectivity index (χ3v) is 7.87. The van der Waals surface area contributed by atoms with Gasteiger partial charge in [0, 0.05) is 28.1 Å². The number of pyridine rings is 1. The molecular weight excluding hydrogens is 510 g/mol. The Morgan fingerprint density at radius 1 is 0.333 bits per heavy atom. The maximum atomic E-state index is 5.10. The first-order valence-corrected chi connectivity index (χ1v) is 14.1. The molecule has 42 heavy (non-hydrogen) atoms. The van der Waals surface area contributed by atoms with E-state index < -0.39 is 0 Å². The van der Waals surface area contributed by atoms with Crippen molar-refractivity contribution in [1.82, 2.24) is 15.0 Å². The number of rotatable bonds is 4. The van der Waals surface area contributed by atoms with Crippen molar-refractivity contribution in [2.24, 2.45) is 0 Å². The zero-order chi connectivity index (χ0) is 27.9. The highest BCUT2D eigenvalue weighted by Gasteiger charge is 2.14. The second-order valence-corrected chi connectivity index (χ2v) is 10.5. The van der Waals surface area contributed by atoms with Gasteiger partial charge >= 0.3 is 0 Å². The molecule has 0 amide bonds. The summed E-state index contributed by atoms with van der Waals surface area (Å²) < 4.78 is 0. The average molecular weight is 536 g/mol. The maximum absolute atomic E-state index is 5.10. The Hall–Kier alpha value is -5.67. The lowest BCUT2D eigenvalue weighted by atomic mass is 9.95. The van der Waals surface area contributed by atoms with Gasteiger partial charge in [0.05, 0.1) is 27.9 Å². The topological polar surface area (TPSA) is 38.7 Å². The lowest BCUT2D eigenvalue weighted by molar-refractivity contribution is 1.29. The van der Waals surface area contributed by atoms with Crippen LogP contribution in [-0.4, -0.2) is 15.0 Å². The molecule has 8 rings (SSSR count). The van der Waals surface area contributed by atoms with E-state index in [2.05, 4.69) is 103 Å². The van der Waals surface area contributed by atoms with Crippen LogP contribution in [0.25, 0.3) is 77.5 Å². The Balaban J connectivity index is 1.22. The van der Waals surface area contributed by atoms with E-state index in [4.69, 9.17) is 15.0 Å². The first kappa shape index (κ1) is 24.2. The van der Waals surface area contributed by atoms with E-state index in [9.17, 15) is 0 Å². The lowest BCUT2D eigenvalue weighted by Crippen LogP contribution is -1.95. The van der Waals surface area contributed by atoms with Crippen LogP contribution < -0.4 is 0 Å². The Kier molecular flexibility index (Phi) is 5.79. The van der Waals surface area contributed by atoms with Crippen molar-refractivity contribution in [3.63, 3.8) is 0 Å². The number of hydrogen-bond acceptors (Lipinski definition) is 3. The van der Waals surface area contributed by atoms with Crippen LogP contribution in [0.2, 0.25) is 0 Å². The molecule has 0 fully saturated rings. The normalized spacial score (nSPS) is 11.3. The molecule has 3 nitrogen and oxygen atoms in total. The second-order valence-electron chi connectivity index (χ2n) is 10.5. The first-order chi connectivity index (χ1) is 20.8. The molecule has 6 aromatic carbocycles. The monoisotopic (exact) mass is 535 g/mol. The van der Waals surface area contributed by atoms with Crippen LogP contribution in [0, 0.1) is 0 Å². The van der Waals surface area contributed by atoms with Gasteiger partial charge in [0.1, 0.15) is 0 Å². The quantitative estimate of drug-likeness (QED) is 0.211. The SMILES string of the molecule is c1ccc(-c2nc3ccccc3nc2-c2cccc(-c3cccc(-c4ccc5c(c4)ncc4ccccc45)c3)c2)cc1. The highest BCUT2D eigenvalue weighted by atomic mass is 14.8. The van der Waals surface area contributed by atoms with Crippen LogP contribution in [0.5, 0.6) is 0 Å². The van der Waals surface area contributed by atoms with Gasteiger partial charge in [-0.3, -0.25) is 4.98 Å². The molecule has 0 saturated carbocycles. The molecule has 196 valence electrons. The molecule has 0 spiro atoms. The largest absolute Gasteiger partial charge is 0.256 e. The van der Waals surface area contributed by atoms with E-state index >= 15 is 0 Å². The number of nitrogens with zero attached hydrogens (tertiary/aromatic N) is 3. The standard InChI is InChI=1S/C39H25N3/c1-2-10-26(11-3-1)38-39(42-36-19-7-6-18-35(36)41-38)31-16-9-15-29(23-31)27-13-8-14-28(22-27)30-20-21-34-33-17-5-4-12-32(33)25-40-37(34)24-30/h1-25H. The average Bonchev–Trinajstić information content (AvgIpc) is 3.08. The molecule has 0 aliphatic rings. The van der Waals surface area contributed by atoms with Crippen LogP contribution in [0.4, 0.5) is 0 Å². The Bertz CT molecular complexity index is 2250. The predicted molar refractivity (Wildman–Crippen MR) is 174 cm³/mol. The molecule has 0 aliphatic heterocycles.